The second-order valence-electron chi connectivity index (χ2n) is 3.62. The van der Waals surface area contributed by atoms with E-state index in [0.717, 1.165) is 22.6 Å². The van der Waals surface area contributed by atoms with E-state index in [1.54, 1.807) is 12.4 Å². The standard InChI is InChI=1S/C12H10N4/c1-9-2-3-12-14-8-11(16(12)15-9)10-4-6-13-7-5-10/h2-8H,1H3. The van der Waals surface area contributed by atoms with Crippen molar-refractivity contribution in [2.75, 3.05) is 0 Å². The van der Waals surface area contributed by atoms with Crippen molar-refractivity contribution in [1.82, 2.24) is 19.6 Å². The summed E-state index contributed by atoms with van der Waals surface area (Å²) in [6, 6.07) is 7.83. The third kappa shape index (κ3) is 1.35. The van der Waals surface area contributed by atoms with Crippen molar-refractivity contribution in [3.8, 4) is 11.3 Å². The molecule has 4 heteroatoms. The quantitative estimate of drug-likeness (QED) is 0.617. The molecule has 0 fully saturated rings. The van der Waals surface area contributed by atoms with E-state index in [-0.39, 0.29) is 0 Å². The molecule has 0 amide bonds. The monoisotopic (exact) mass is 210 g/mol. The normalized spacial score (nSPS) is 10.8. The maximum Gasteiger partial charge on any atom is 0.154 e. The molecule has 0 aliphatic heterocycles. The van der Waals surface area contributed by atoms with Gasteiger partial charge >= 0.3 is 0 Å². The van der Waals surface area contributed by atoms with Crippen molar-refractivity contribution in [1.29, 1.82) is 0 Å². The fraction of sp³-hybridized carbons (Fsp3) is 0.0833. The van der Waals surface area contributed by atoms with Gasteiger partial charge in [0.15, 0.2) is 5.65 Å². The first kappa shape index (κ1) is 9.03. The fourth-order valence-electron chi connectivity index (χ4n) is 1.68. The van der Waals surface area contributed by atoms with Gasteiger partial charge < -0.3 is 0 Å². The lowest BCUT2D eigenvalue weighted by Crippen LogP contribution is -1.95. The molecule has 0 spiro atoms. The van der Waals surface area contributed by atoms with E-state index in [4.69, 9.17) is 0 Å². The topological polar surface area (TPSA) is 43.1 Å². The van der Waals surface area contributed by atoms with Crippen molar-refractivity contribution in [2.45, 2.75) is 6.92 Å². The van der Waals surface area contributed by atoms with Gasteiger partial charge in [0, 0.05) is 18.0 Å². The average molecular weight is 210 g/mol. The zero-order chi connectivity index (χ0) is 11.0. The van der Waals surface area contributed by atoms with Crippen molar-refractivity contribution in [2.24, 2.45) is 0 Å². The molecule has 3 rings (SSSR count). The molecule has 3 aromatic heterocycles. The van der Waals surface area contributed by atoms with Crippen LogP contribution in [0.3, 0.4) is 0 Å². The van der Waals surface area contributed by atoms with E-state index in [0.29, 0.717) is 0 Å². The average Bonchev–Trinajstić information content (AvgIpc) is 2.73. The first-order valence-electron chi connectivity index (χ1n) is 5.06. The van der Waals surface area contributed by atoms with Gasteiger partial charge in [0.05, 0.1) is 17.6 Å². The van der Waals surface area contributed by atoms with Crippen LogP contribution in [0.15, 0.2) is 42.9 Å². The number of nitrogens with zero attached hydrogens (tertiary/aromatic N) is 4. The molecule has 3 heterocycles. The highest BCUT2D eigenvalue weighted by molar-refractivity contribution is 5.62. The molecule has 0 saturated carbocycles. The van der Waals surface area contributed by atoms with Crippen molar-refractivity contribution in [3.63, 3.8) is 0 Å². The van der Waals surface area contributed by atoms with E-state index in [1.807, 2.05) is 41.9 Å². The van der Waals surface area contributed by atoms with Gasteiger partial charge in [-0.25, -0.2) is 9.50 Å². The summed E-state index contributed by atoms with van der Waals surface area (Å²) >= 11 is 0. The summed E-state index contributed by atoms with van der Waals surface area (Å²) < 4.78 is 1.85. The number of aryl methyl sites for hydroxylation is 1. The van der Waals surface area contributed by atoms with Crippen LogP contribution in [-0.2, 0) is 0 Å². The molecule has 0 radical (unpaired) electrons. The van der Waals surface area contributed by atoms with Crippen LogP contribution < -0.4 is 0 Å². The van der Waals surface area contributed by atoms with Crippen LogP contribution in [0.5, 0.6) is 0 Å². The molecule has 16 heavy (non-hydrogen) atoms. The summed E-state index contributed by atoms with van der Waals surface area (Å²) in [5, 5.41) is 4.45. The first-order chi connectivity index (χ1) is 7.84. The van der Waals surface area contributed by atoms with Gasteiger partial charge in [-0.1, -0.05) is 0 Å². The highest BCUT2D eigenvalue weighted by Gasteiger charge is 2.06. The Hall–Kier alpha value is -2.23. The maximum absolute atomic E-state index is 4.45. The molecule has 0 unspecified atom stereocenters. The Morgan fingerprint density at radius 1 is 1.06 bits per heavy atom. The van der Waals surface area contributed by atoms with Gasteiger partial charge in [0.1, 0.15) is 0 Å². The van der Waals surface area contributed by atoms with Crippen LogP contribution in [0, 0.1) is 6.92 Å². The van der Waals surface area contributed by atoms with E-state index in [2.05, 4.69) is 15.1 Å². The summed E-state index contributed by atoms with van der Waals surface area (Å²) in [4.78, 5) is 8.32. The molecular formula is C12H10N4. The van der Waals surface area contributed by atoms with Gasteiger partial charge in [-0.05, 0) is 31.2 Å². The van der Waals surface area contributed by atoms with Crippen molar-refractivity contribution >= 4 is 5.65 Å². The molecule has 78 valence electrons. The Morgan fingerprint density at radius 2 is 1.88 bits per heavy atom. The Balaban J connectivity index is 2.29. The smallest absolute Gasteiger partial charge is 0.154 e. The number of rotatable bonds is 1. The minimum absolute atomic E-state index is 0.859. The highest BCUT2D eigenvalue weighted by atomic mass is 15.3. The lowest BCUT2D eigenvalue weighted by atomic mass is 10.2. The van der Waals surface area contributed by atoms with Crippen molar-refractivity contribution < 1.29 is 0 Å². The first-order valence-corrected chi connectivity index (χ1v) is 5.06. The van der Waals surface area contributed by atoms with Gasteiger partial charge in [-0.15, -0.1) is 0 Å². The summed E-state index contributed by atoms with van der Waals surface area (Å²) in [7, 11) is 0. The molecule has 0 aliphatic carbocycles. The third-order valence-electron chi connectivity index (χ3n) is 2.47. The van der Waals surface area contributed by atoms with Crippen LogP contribution in [0.2, 0.25) is 0 Å². The number of hydrogen-bond donors (Lipinski definition) is 0. The molecule has 0 atom stereocenters. The molecule has 0 N–H and O–H groups in total. The number of imidazole rings is 1. The molecule has 0 aliphatic rings. The van der Waals surface area contributed by atoms with Crippen molar-refractivity contribution in [3.05, 3.63) is 48.5 Å². The van der Waals surface area contributed by atoms with Crippen LogP contribution >= 0.6 is 0 Å². The van der Waals surface area contributed by atoms with Gasteiger partial charge in [0.25, 0.3) is 0 Å². The van der Waals surface area contributed by atoms with Crippen LogP contribution in [0.25, 0.3) is 16.9 Å². The highest BCUT2D eigenvalue weighted by Crippen LogP contribution is 2.18. The Labute approximate surface area is 92.6 Å². The van der Waals surface area contributed by atoms with Crippen LogP contribution in [-0.4, -0.2) is 19.6 Å². The molecule has 0 aromatic carbocycles. The maximum atomic E-state index is 4.45. The molecule has 0 bridgehead atoms. The summed E-state index contributed by atoms with van der Waals surface area (Å²) in [6.07, 6.45) is 5.37. The Morgan fingerprint density at radius 3 is 2.69 bits per heavy atom. The number of fused-ring (bicyclic) bond motifs is 1. The number of hydrogen-bond acceptors (Lipinski definition) is 3. The second-order valence-corrected chi connectivity index (χ2v) is 3.62. The zero-order valence-corrected chi connectivity index (χ0v) is 8.83. The zero-order valence-electron chi connectivity index (χ0n) is 8.83. The van der Waals surface area contributed by atoms with Gasteiger partial charge in [0.2, 0.25) is 0 Å². The van der Waals surface area contributed by atoms with E-state index in [1.165, 1.54) is 0 Å². The minimum atomic E-state index is 0.859. The summed E-state index contributed by atoms with van der Waals surface area (Å²) in [6.45, 7) is 1.97. The molecule has 4 nitrogen and oxygen atoms in total. The van der Waals surface area contributed by atoms with Crippen LogP contribution in [0.1, 0.15) is 5.69 Å². The molecular weight excluding hydrogens is 200 g/mol. The minimum Gasteiger partial charge on any atom is -0.265 e. The summed E-state index contributed by atoms with van der Waals surface area (Å²) in [5.74, 6) is 0. The predicted molar refractivity (Wildman–Crippen MR) is 61.0 cm³/mol. The predicted octanol–water partition coefficient (Wildman–Crippen LogP) is 2.10. The Bertz CT molecular complexity index is 628. The van der Waals surface area contributed by atoms with E-state index < -0.39 is 0 Å². The SMILES string of the molecule is Cc1ccc2ncc(-c3ccncc3)n2n1. The second kappa shape index (κ2) is 3.41. The van der Waals surface area contributed by atoms with Gasteiger partial charge in [-0.2, -0.15) is 5.10 Å². The van der Waals surface area contributed by atoms with E-state index >= 15 is 0 Å². The van der Waals surface area contributed by atoms with E-state index in [9.17, 15) is 0 Å². The number of aromatic nitrogens is 4. The molecule has 3 aromatic rings. The lowest BCUT2D eigenvalue weighted by Gasteiger charge is -2.00. The van der Waals surface area contributed by atoms with Gasteiger partial charge in [-0.3, -0.25) is 4.98 Å². The number of pyridine rings is 1. The van der Waals surface area contributed by atoms with Crippen LogP contribution in [0.4, 0.5) is 0 Å². The Kier molecular flexibility index (Phi) is 1.93. The summed E-state index contributed by atoms with van der Waals surface area (Å²) in [5.41, 5.74) is 3.89. The third-order valence-corrected chi connectivity index (χ3v) is 2.47. The fourth-order valence-corrected chi connectivity index (χ4v) is 1.68. The lowest BCUT2D eigenvalue weighted by molar-refractivity contribution is 0.907. The molecule has 0 saturated heterocycles. The largest absolute Gasteiger partial charge is 0.265 e.